The Balaban J connectivity index is 2.44. The second-order valence-corrected chi connectivity index (χ2v) is 4.92. The Morgan fingerprint density at radius 1 is 1.50 bits per heavy atom. The van der Waals surface area contributed by atoms with Crippen molar-refractivity contribution in [2.75, 3.05) is 13.2 Å². The van der Waals surface area contributed by atoms with E-state index in [9.17, 15) is 9.59 Å². The standard InChI is InChI=1S/C12H13BrClNO3/c1-8(16)15-5-6-18-12(17)11(13)9-3-2-4-10(14)7-9/h2-4,7,11H,5-6H2,1H3,(H,15,16). The SMILES string of the molecule is CC(=O)NCCOC(=O)C(Br)c1cccc(Cl)c1. The van der Waals surface area contributed by atoms with Crippen LogP contribution >= 0.6 is 27.5 Å². The highest BCUT2D eigenvalue weighted by Gasteiger charge is 2.18. The Labute approximate surface area is 119 Å². The number of alkyl halides is 1. The van der Waals surface area contributed by atoms with Crippen LogP contribution in [0.1, 0.15) is 17.3 Å². The van der Waals surface area contributed by atoms with Crippen LogP contribution in [0.5, 0.6) is 0 Å². The lowest BCUT2D eigenvalue weighted by molar-refractivity contribution is -0.143. The number of carbonyl (C=O) groups excluding carboxylic acids is 2. The lowest BCUT2D eigenvalue weighted by Crippen LogP contribution is -2.26. The summed E-state index contributed by atoms with van der Waals surface area (Å²) >= 11 is 9.08. The van der Waals surface area contributed by atoms with Crippen molar-refractivity contribution in [3.05, 3.63) is 34.9 Å². The van der Waals surface area contributed by atoms with Crippen molar-refractivity contribution >= 4 is 39.4 Å². The highest BCUT2D eigenvalue weighted by Crippen LogP contribution is 2.26. The minimum absolute atomic E-state index is 0.140. The van der Waals surface area contributed by atoms with E-state index in [0.29, 0.717) is 11.6 Å². The first-order valence-corrected chi connectivity index (χ1v) is 6.60. The summed E-state index contributed by atoms with van der Waals surface area (Å²) in [7, 11) is 0. The average Bonchev–Trinajstić information content (AvgIpc) is 2.33. The van der Waals surface area contributed by atoms with E-state index in [1.807, 2.05) is 0 Å². The molecule has 0 heterocycles. The molecule has 0 fully saturated rings. The van der Waals surface area contributed by atoms with Gasteiger partial charge in [0.05, 0.1) is 6.54 Å². The summed E-state index contributed by atoms with van der Waals surface area (Å²) in [5.41, 5.74) is 0.729. The van der Waals surface area contributed by atoms with Crippen LogP contribution in [0, 0.1) is 0 Å². The smallest absolute Gasteiger partial charge is 0.324 e. The largest absolute Gasteiger partial charge is 0.463 e. The highest BCUT2D eigenvalue weighted by atomic mass is 79.9. The monoisotopic (exact) mass is 333 g/mol. The maximum Gasteiger partial charge on any atom is 0.324 e. The number of rotatable bonds is 5. The molecular formula is C12H13BrClNO3. The Bertz CT molecular complexity index is 439. The van der Waals surface area contributed by atoms with Crippen molar-refractivity contribution in [1.29, 1.82) is 0 Å². The molecule has 1 unspecified atom stereocenters. The third kappa shape index (κ3) is 5.06. The number of esters is 1. The number of hydrogen-bond acceptors (Lipinski definition) is 3. The summed E-state index contributed by atoms with van der Waals surface area (Å²) < 4.78 is 5.00. The number of ether oxygens (including phenoxy) is 1. The predicted octanol–water partition coefficient (Wildman–Crippen LogP) is 2.46. The fraction of sp³-hybridized carbons (Fsp3) is 0.333. The molecule has 1 rings (SSSR count). The average molecular weight is 335 g/mol. The van der Waals surface area contributed by atoms with Gasteiger partial charge in [-0.05, 0) is 17.7 Å². The van der Waals surface area contributed by atoms with Gasteiger partial charge in [-0.15, -0.1) is 0 Å². The van der Waals surface area contributed by atoms with Gasteiger partial charge in [-0.3, -0.25) is 9.59 Å². The molecule has 0 aliphatic rings. The molecule has 0 saturated carbocycles. The van der Waals surface area contributed by atoms with E-state index in [4.69, 9.17) is 16.3 Å². The second-order valence-electron chi connectivity index (χ2n) is 3.57. The van der Waals surface area contributed by atoms with E-state index in [0.717, 1.165) is 5.56 Å². The second kappa shape index (κ2) is 7.38. The Hall–Kier alpha value is -1.07. The maximum absolute atomic E-state index is 11.7. The van der Waals surface area contributed by atoms with Crippen LogP contribution in [0.4, 0.5) is 0 Å². The number of nitrogens with one attached hydrogen (secondary N) is 1. The Kier molecular flexibility index (Phi) is 6.15. The lowest BCUT2D eigenvalue weighted by Gasteiger charge is -2.10. The van der Waals surface area contributed by atoms with Gasteiger partial charge in [0, 0.05) is 11.9 Å². The first-order chi connectivity index (χ1) is 8.50. The normalized spacial score (nSPS) is 11.7. The molecular weight excluding hydrogens is 321 g/mol. The van der Waals surface area contributed by atoms with Crippen LogP contribution in [0.25, 0.3) is 0 Å². The molecule has 6 heteroatoms. The van der Waals surface area contributed by atoms with Crippen LogP contribution < -0.4 is 5.32 Å². The van der Waals surface area contributed by atoms with Gasteiger partial charge in [0.2, 0.25) is 5.91 Å². The molecule has 0 saturated heterocycles. The molecule has 0 aliphatic heterocycles. The molecule has 1 aromatic rings. The van der Waals surface area contributed by atoms with Crippen LogP contribution in [-0.2, 0) is 14.3 Å². The summed E-state index contributed by atoms with van der Waals surface area (Å²) in [5, 5.41) is 3.09. The molecule has 1 N–H and O–H groups in total. The molecule has 4 nitrogen and oxygen atoms in total. The zero-order valence-electron chi connectivity index (χ0n) is 9.78. The van der Waals surface area contributed by atoms with Crippen molar-refractivity contribution in [1.82, 2.24) is 5.32 Å². The van der Waals surface area contributed by atoms with E-state index in [1.165, 1.54) is 6.92 Å². The van der Waals surface area contributed by atoms with Crippen molar-refractivity contribution in [2.45, 2.75) is 11.8 Å². The summed E-state index contributed by atoms with van der Waals surface area (Å²) in [6.07, 6.45) is 0. The van der Waals surface area contributed by atoms with Gasteiger partial charge in [-0.1, -0.05) is 39.7 Å². The number of carbonyl (C=O) groups is 2. The van der Waals surface area contributed by atoms with Crippen molar-refractivity contribution < 1.29 is 14.3 Å². The number of hydrogen-bond donors (Lipinski definition) is 1. The minimum atomic E-state index is -0.562. The summed E-state index contributed by atoms with van der Waals surface area (Å²) in [5.74, 6) is -0.570. The molecule has 18 heavy (non-hydrogen) atoms. The molecule has 0 bridgehead atoms. The first-order valence-electron chi connectivity index (χ1n) is 5.31. The zero-order valence-corrected chi connectivity index (χ0v) is 12.1. The lowest BCUT2D eigenvalue weighted by atomic mass is 10.1. The summed E-state index contributed by atoms with van der Waals surface area (Å²) in [6, 6.07) is 6.96. The highest BCUT2D eigenvalue weighted by molar-refractivity contribution is 9.09. The maximum atomic E-state index is 11.7. The van der Waals surface area contributed by atoms with Gasteiger partial charge >= 0.3 is 5.97 Å². The predicted molar refractivity (Wildman–Crippen MR) is 72.8 cm³/mol. The fourth-order valence-corrected chi connectivity index (χ4v) is 1.87. The minimum Gasteiger partial charge on any atom is -0.463 e. The molecule has 0 aromatic heterocycles. The van der Waals surface area contributed by atoms with E-state index in [-0.39, 0.29) is 12.5 Å². The van der Waals surface area contributed by atoms with Gasteiger partial charge in [0.25, 0.3) is 0 Å². The van der Waals surface area contributed by atoms with Crippen LogP contribution in [0.3, 0.4) is 0 Å². The third-order valence-electron chi connectivity index (χ3n) is 2.07. The molecule has 1 aromatic carbocycles. The van der Waals surface area contributed by atoms with Gasteiger partial charge in [0.1, 0.15) is 11.4 Å². The molecule has 0 aliphatic carbocycles. The van der Waals surface area contributed by atoms with Crippen LogP contribution in [0.2, 0.25) is 5.02 Å². The molecule has 0 radical (unpaired) electrons. The third-order valence-corrected chi connectivity index (χ3v) is 3.21. The fourth-order valence-electron chi connectivity index (χ4n) is 1.25. The van der Waals surface area contributed by atoms with Gasteiger partial charge in [0.15, 0.2) is 0 Å². The number of amides is 1. The topological polar surface area (TPSA) is 55.4 Å². The van der Waals surface area contributed by atoms with Gasteiger partial charge in [-0.2, -0.15) is 0 Å². The molecule has 1 atom stereocenters. The molecule has 1 amide bonds. The summed E-state index contributed by atoms with van der Waals surface area (Å²) in [6.45, 7) is 1.85. The van der Waals surface area contributed by atoms with Crippen molar-refractivity contribution in [3.8, 4) is 0 Å². The number of benzene rings is 1. The van der Waals surface area contributed by atoms with E-state index in [2.05, 4.69) is 21.2 Å². The first kappa shape index (κ1) is 15.0. The molecule has 0 spiro atoms. The van der Waals surface area contributed by atoms with Crippen LogP contribution in [-0.4, -0.2) is 25.0 Å². The van der Waals surface area contributed by atoms with Gasteiger partial charge < -0.3 is 10.1 Å². The van der Waals surface area contributed by atoms with Crippen molar-refractivity contribution in [2.24, 2.45) is 0 Å². The van der Waals surface area contributed by atoms with E-state index < -0.39 is 10.8 Å². The Morgan fingerprint density at radius 3 is 2.83 bits per heavy atom. The van der Waals surface area contributed by atoms with Crippen LogP contribution in [0.15, 0.2) is 24.3 Å². The summed E-state index contributed by atoms with van der Waals surface area (Å²) in [4.78, 5) is 21.7. The van der Waals surface area contributed by atoms with E-state index in [1.54, 1.807) is 24.3 Å². The zero-order chi connectivity index (χ0) is 13.5. The molecule has 98 valence electrons. The number of halogens is 2. The Morgan fingerprint density at radius 2 is 2.22 bits per heavy atom. The van der Waals surface area contributed by atoms with E-state index >= 15 is 0 Å². The van der Waals surface area contributed by atoms with Gasteiger partial charge in [-0.25, -0.2) is 0 Å². The quantitative estimate of drug-likeness (QED) is 0.511. The van der Waals surface area contributed by atoms with Crippen molar-refractivity contribution in [3.63, 3.8) is 0 Å².